The predicted octanol–water partition coefficient (Wildman–Crippen LogP) is 2.91. The fourth-order valence-electron chi connectivity index (χ4n) is 2.55. The van der Waals surface area contributed by atoms with E-state index < -0.39 is 5.54 Å². The molecule has 1 aromatic rings. The molecule has 0 spiro atoms. The molecule has 1 aliphatic carbocycles. The van der Waals surface area contributed by atoms with Gasteiger partial charge in [0, 0.05) is 18.7 Å². The lowest BCUT2D eigenvalue weighted by Crippen LogP contribution is -2.43. The van der Waals surface area contributed by atoms with E-state index in [0.29, 0.717) is 12.1 Å². The van der Waals surface area contributed by atoms with Gasteiger partial charge in [0.05, 0.1) is 5.54 Å². The average Bonchev–Trinajstić information content (AvgIpc) is 3.24. The molecule has 4 nitrogen and oxygen atoms in total. The van der Waals surface area contributed by atoms with Gasteiger partial charge < -0.3 is 15.7 Å². The van der Waals surface area contributed by atoms with Crippen LogP contribution in [0.4, 0.5) is 9.18 Å². The van der Waals surface area contributed by atoms with Crippen molar-refractivity contribution in [2.45, 2.75) is 45.1 Å². The second kappa shape index (κ2) is 6.65. The average molecular weight is 308 g/mol. The first-order chi connectivity index (χ1) is 10.4. The molecule has 3 N–H and O–H groups in total. The molecule has 0 heterocycles. The fourth-order valence-corrected chi connectivity index (χ4v) is 2.55. The van der Waals surface area contributed by atoms with Gasteiger partial charge >= 0.3 is 6.03 Å². The molecule has 5 heteroatoms. The van der Waals surface area contributed by atoms with E-state index in [0.717, 1.165) is 25.7 Å². The highest BCUT2D eigenvalue weighted by Gasteiger charge is 2.47. The molecule has 122 valence electrons. The SMILES string of the molecule is CC(C)(CO)CCCNC(=O)NC1(c2ccccc2F)CC1. The van der Waals surface area contributed by atoms with E-state index in [2.05, 4.69) is 10.6 Å². The van der Waals surface area contributed by atoms with E-state index in [4.69, 9.17) is 0 Å². The van der Waals surface area contributed by atoms with Crippen molar-refractivity contribution in [2.75, 3.05) is 13.2 Å². The van der Waals surface area contributed by atoms with E-state index in [-0.39, 0.29) is 23.9 Å². The summed E-state index contributed by atoms with van der Waals surface area (Å²) in [6.07, 6.45) is 3.16. The topological polar surface area (TPSA) is 61.4 Å². The number of nitrogens with one attached hydrogen (secondary N) is 2. The Morgan fingerprint density at radius 1 is 1.36 bits per heavy atom. The summed E-state index contributed by atoms with van der Waals surface area (Å²) < 4.78 is 13.9. The second-order valence-corrected chi connectivity index (χ2v) is 6.87. The summed E-state index contributed by atoms with van der Waals surface area (Å²) >= 11 is 0. The molecule has 0 radical (unpaired) electrons. The second-order valence-electron chi connectivity index (χ2n) is 6.87. The largest absolute Gasteiger partial charge is 0.396 e. The predicted molar refractivity (Wildman–Crippen MR) is 83.9 cm³/mol. The first-order valence-corrected chi connectivity index (χ1v) is 7.80. The van der Waals surface area contributed by atoms with Gasteiger partial charge in [0.2, 0.25) is 0 Å². The van der Waals surface area contributed by atoms with Crippen LogP contribution in [0.1, 0.15) is 45.1 Å². The number of hydrogen-bond donors (Lipinski definition) is 3. The van der Waals surface area contributed by atoms with Gasteiger partial charge in [-0.3, -0.25) is 0 Å². The molecule has 1 aliphatic rings. The summed E-state index contributed by atoms with van der Waals surface area (Å²) in [5.74, 6) is -0.273. The van der Waals surface area contributed by atoms with Gasteiger partial charge in [-0.05, 0) is 37.2 Å². The number of amides is 2. The van der Waals surface area contributed by atoms with Crippen LogP contribution in [0, 0.1) is 11.2 Å². The van der Waals surface area contributed by atoms with Crippen molar-refractivity contribution in [2.24, 2.45) is 5.41 Å². The van der Waals surface area contributed by atoms with E-state index in [1.165, 1.54) is 6.07 Å². The third kappa shape index (κ3) is 4.19. The maximum Gasteiger partial charge on any atom is 0.315 e. The highest BCUT2D eigenvalue weighted by atomic mass is 19.1. The van der Waals surface area contributed by atoms with Crippen molar-refractivity contribution in [3.8, 4) is 0 Å². The van der Waals surface area contributed by atoms with Gasteiger partial charge in [0.25, 0.3) is 0 Å². The van der Waals surface area contributed by atoms with Gasteiger partial charge in [0.1, 0.15) is 5.82 Å². The number of carbonyl (C=O) groups excluding carboxylic acids is 1. The van der Waals surface area contributed by atoms with Gasteiger partial charge in [-0.25, -0.2) is 9.18 Å². The molecule has 0 aliphatic heterocycles. The number of urea groups is 1. The van der Waals surface area contributed by atoms with Crippen LogP contribution in [0.2, 0.25) is 0 Å². The van der Waals surface area contributed by atoms with Crippen LogP contribution in [0.25, 0.3) is 0 Å². The molecule has 0 bridgehead atoms. The van der Waals surface area contributed by atoms with Crippen LogP contribution >= 0.6 is 0 Å². The molecular weight excluding hydrogens is 283 g/mol. The van der Waals surface area contributed by atoms with Gasteiger partial charge in [0.15, 0.2) is 0 Å². The van der Waals surface area contributed by atoms with Crippen molar-refractivity contribution in [1.82, 2.24) is 10.6 Å². The molecule has 0 saturated heterocycles. The number of rotatable bonds is 7. The lowest BCUT2D eigenvalue weighted by Gasteiger charge is -2.22. The summed E-state index contributed by atoms with van der Waals surface area (Å²) in [4.78, 5) is 12.0. The van der Waals surface area contributed by atoms with E-state index >= 15 is 0 Å². The standard InChI is InChI=1S/C17H25FN2O2/c1-16(2,12-21)8-5-11-19-15(22)20-17(9-10-17)13-6-3-4-7-14(13)18/h3-4,6-7,21H,5,8-12H2,1-2H3,(H2,19,20,22). The zero-order chi connectivity index (χ0) is 16.2. The van der Waals surface area contributed by atoms with Crippen molar-refractivity contribution in [3.63, 3.8) is 0 Å². The summed E-state index contributed by atoms with van der Waals surface area (Å²) in [7, 11) is 0. The van der Waals surface area contributed by atoms with Gasteiger partial charge in [-0.2, -0.15) is 0 Å². The summed E-state index contributed by atoms with van der Waals surface area (Å²) in [5.41, 5.74) is -0.102. The van der Waals surface area contributed by atoms with E-state index in [1.54, 1.807) is 18.2 Å². The minimum Gasteiger partial charge on any atom is -0.396 e. The lowest BCUT2D eigenvalue weighted by molar-refractivity contribution is 0.148. The van der Waals surface area contributed by atoms with Crippen LogP contribution in [0.3, 0.4) is 0 Å². The minimum absolute atomic E-state index is 0.122. The normalized spacial score (nSPS) is 16.2. The zero-order valence-electron chi connectivity index (χ0n) is 13.3. The Balaban J connectivity index is 1.79. The first-order valence-electron chi connectivity index (χ1n) is 7.80. The van der Waals surface area contributed by atoms with E-state index in [1.807, 2.05) is 13.8 Å². The zero-order valence-corrected chi connectivity index (χ0v) is 13.3. The number of carbonyl (C=O) groups is 1. The number of halogens is 1. The Bertz CT molecular complexity index is 527. The third-order valence-corrected chi connectivity index (χ3v) is 4.24. The van der Waals surface area contributed by atoms with Crippen LogP contribution in [-0.2, 0) is 5.54 Å². The van der Waals surface area contributed by atoms with Crippen molar-refractivity contribution in [1.29, 1.82) is 0 Å². The Morgan fingerprint density at radius 2 is 2.05 bits per heavy atom. The number of aliphatic hydroxyl groups excluding tert-OH is 1. The molecule has 0 atom stereocenters. The van der Waals surface area contributed by atoms with Crippen molar-refractivity contribution < 1.29 is 14.3 Å². The van der Waals surface area contributed by atoms with Crippen LogP contribution in [0.15, 0.2) is 24.3 Å². The third-order valence-electron chi connectivity index (χ3n) is 4.24. The van der Waals surface area contributed by atoms with Crippen molar-refractivity contribution in [3.05, 3.63) is 35.6 Å². The monoisotopic (exact) mass is 308 g/mol. The Morgan fingerprint density at radius 3 is 2.64 bits per heavy atom. The molecule has 1 fully saturated rings. The molecular formula is C17H25FN2O2. The van der Waals surface area contributed by atoms with Crippen LogP contribution in [0.5, 0.6) is 0 Å². The van der Waals surface area contributed by atoms with Crippen LogP contribution < -0.4 is 10.6 Å². The number of benzene rings is 1. The Kier molecular flexibility index (Phi) is 5.06. The maximum atomic E-state index is 13.9. The Hall–Kier alpha value is -1.62. The van der Waals surface area contributed by atoms with Gasteiger partial charge in [-0.1, -0.05) is 32.0 Å². The fraction of sp³-hybridized carbons (Fsp3) is 0.588. The summed E-state index contributed by atoms with van der Waals surface area (Å²) in [5, 5.41) is 14.9. The lowest BCUT2D eigenvalue weighted by atomic mass is 9.89. The number of aliphatic hydroxyl groups is 1. The smallest absolute Gasteiger partial charge is 0.315 e. The first kappa shape index (κ1) is 16.7. The number of hydrogen-bond acceptors (Lipinski definition) is 2. The molecule has 2 rings (SSSR count). The highest BCUT2D eigenvalue weighted by Crippen LogP contribution is 2.46. The minimum atomic E-state index is -0.542. The maximum absolute atomic E-state index is 13.9. The summed E-state index contributed by atoms with van der Waals surface area (Å²) in [6, 6.07) is 6.33. The molecule has 1 aromatic carbocycles. The quantitative estimate of drug-likeness (QED) is 0.678. The van der Waals surface area contributed by atoms with E-state index in [9.17, 15) is 14.3 Å². The Labute approximate surface area is 131 Å². The highest BCUT2D eigenvalue weighted by molar-refractivity contribution is 5.75. The van der Waals surface area contributed by atoms with Crippen LogP contribution in [-0.4, -0.2) is 24.3 Å². The molecule has 2 amide bonds. The molecule has 0 aromatic heterocycles. The summed E-state index contributed by atoms with van der Waals surface area (Å²) in [6.45, 7) is 4.66. The molecule has 22 heavy (non-hydrogen) atoms. The van der Waals surface area contributed by atoms with Crippen molar-refractivity contribution >= 4 is 6.03 Å². The van der Waals surface area contributed by atoms with Gasteiger partial charge in [-0.15, -0.1) is 0 Å². The molecule has 1 saturated carbocycles. The molecule has 0 unspecified atom stereocenters.